The summed E-state index contributed by atoms with van der Waals surface area (Å²) < 4.78 is 5.48. The molecule has 6 heteroatoms. The highest BCUT2D eigenvalue weighted by molar-refractivity contribution is 5.76. The van der Waals surface area contributed by atoms with Crippen LogP contribution in [0.15, 0.2) is 24.3 Å². The molecule has 0 aliphatic carbocycles. The summed E-state index contributed by atoms with van der Waals surface area (Å²) in [5.41, 5.74) is 0. The Morgan fingerprint density at radius 2 is 0.662 bits per heavy atom. The van der Waals surface area contributed by atoms with E-state index in [0.717, 1.165) is 51.4 Å². The second-order valence-electron chi connectivity index (χ2n) is 24.2. The molecule has 0 aromatic carbocycles. The molecule has 0 bridgehead atoms. The molecule has 2 unspecified atom stereocenters. The lowest BCUT2D eigenvalue weighted by atomic mass is 10.0. The molecule has 0 spiro atoms. The molecule has 0 radical (unpaired) electrons. The van der Waals surface area contributed by atoms with Crippen LogP contribution in [-0.2, 0) is 14.3 Å². The summed E-state index contributed by atoms with van der Waals surface area (Å²) in [6, 6.07) is -0.539. The number of rotatable bonds is 66. The molecule has 456 valence electrons. The van der Waals surface area contributed by atoms with E-state index >= 15 is 0 Å². The molecule has 6 nitrogen and oxygen atoms in total. The Hall–Kier alpha value is -1.66. The highest BCUT2D eigenvalue weighted by Gasteiger charge is 2.20. The number of allylic oxidation sites excluding steroid dienone is 4. The first kappa shape index (κ1) is 75.3. The topological polar surface area (TPSA) is 95.9 Å². The summed E-state index contributed by atoms with van der Waals surface area (Å²) in [5, 5.41) is 23.4. The van der Waals surface area contributed by atoms with Crippen LogP contribution in [0.5, 0.6) is 0 Å². The molecule has 0 rings (SSSR count). The third kappa shape index (κ3) is 63.4. The number of unbranched alkanes of at least 4 members (excludes halogenated alkanes) is 51. The maximum Gasteiger partial charge on any atom is 0.305 e. The molecule has 0 aromatic heterocycles. The van der Waals surface area contributed by atoms with Crippen LogP contribution >= 0.6 is 0 Å². The van der Waals surface area contributed by atoms with Gasteiger partial charge in [-0.1, -0.05) is 353 Å². The highest BCUT2D eigenvalue weighted by atomic mass is 16.5. The van der Waals surface area contributed by atoms with E-state index in [1.54, 1.807) is 0 Å². The number of carbonyl (C=O) groups excluding carboxylic acids is 2. The van der Waals surface area contributed by atoms with Gasteiger partial charge >= 0.3 is 5.97 Å². The molecule has 0 fully saturated rings. The maximum absolute atomic E-state index is 12.5. The molecule has 0 aliphatic heterocycles. The Bertz CT molecular complexity index is 1200. The largest absolute Gasteiger partial charge is 0.466 e. The van der Waals surface area contributed by atoms with Gasteiger partial charge in [0.2, 0.25) is 5.91 Å². The fourth-order valence-electron chi connectivity index (χ4n) is 11.1. The molecular formula is C71H137NO5. The summed E-state index contributed by atoms with van der Waals surface area (Å²) in [7, 11) is 0. The Kier molecular flexibility index (Phi) is 65.4. The van der Waals surface area contributed by atoms with E-state index < -0.39 is 12.1 Å². The van der Waals surface area contributed by atoms with Gasteiger partial charge in [-0.3, -0.25) is 9.59 Å². The van der Waals surface area contributed by atoms with E-state index in [9.17, 15) is 19.8 Å². The van der Waals surface area contributed by atoms with E-state index in [1.165, 1.54) is 308 Å². The quantitative estimate of drug-likeness (QED) is 0.0320. The number of amides is 1. The lowest BCUT2D eigenvalue weighted by Crippen LogP contribution is -2.45. The molecule has 1 amide bonds. The summed E-state index contributed by atoms with van der Waals surface area (Å²) in [5.74, 6) is -0.0225. The first-order chi connectivity index (χ1) is 38.0. The van der Waals surface area contributed by atoms with Crippen molar-refractivity contribution in [1.29, 1.82) is 0 Å². The standard InChI is InChI=1S/C71H137NO5/c1-3-5-7-9-11-13-15-17-19-33-36-39-43-47-51-55-59-63-69(74)68(67-73)72-70(75)64-60-56-52-48-44-40-37-34-31-29-27-25-23-21-20-22-24-26-28-30-32-35-38-42-46-50-54-58-62-66-77-71(76)65-61-57-53-49-45-41-18-16-14-12-10-8-6-4-2/h10,12,16,18,68-69,73-74H,3-9,11,13-15,17,19-67H2,1-2H3,(H,72,75)/b12-10-,18-16-. The van der Waals surface area contributed by atoms with Crippen LogP contribution in [0, 0.1) is 0 Å². The number of hydrogen-bond acceptors (Lipinski definition) is 5. The first-order valence-corrected chi connectivity index (χ1v) is 35.1. The van der Waals surface area contributed by atoms with Gasteiger partial charge in [0, 0.05) is 12.8 Å². The second-order valence-corrected chi connectivity index (χ2v) is 24.2. The lowest BCUT2D eigenvalue weighted by Gasteiger charge is -2.22. The third-order valence-corrected chi connectivity index (χ3v) is 16.5. The van der Waals surface area contributed by atoms with Crippen molar-refractivity contribution in [3.63, 3.8) is 0 Å². The Balaban J connectivity index is 3.34. The lowest BCUT2D eigenvalue weighted by molar-refractivity contribution is -0.143. The molecule has 0 saturated heterocycles. The van der Waals surface area contributed by atoms with Crippen molar-refractivity contribution >= 4 is 11.9 Å². The van der Waals surface area contributed by atoms with Gasteiger partial charge < -0.3 is 20.3 Å². The SMILES string of the molecule is CCCC/C=C\C/C=C\CCCCCCCC(=O)OCCCCCCCCCCCCCCCCCCCCCCCCCCCCCCCC(=O)NC(CO)C(O)CCCCCCCCCCCCCCCCCCC. The van der Waals surface area contributed by atoms with Crippen molar-refractivity contribution in [2.45, 2.75) is 405 Å². The van der Waals surface area contributed by atoms with Gasteiger partial charge in [0.15, 0.2) is 0 Å². The molecular weight excluding hydrogens is 947 g/mol. The normalized spacial score (nSPS) is 12.6. The molecule has 77 heavy (non-hydrogen) atoms. The van der Waals surface area contributed by atoms with Crippen LogP contribution in [0.2, 0.25) is 0 Å². The van der Waals surface area contributed by atoms with E-state index in [2.05, 4.69) is 43.5 Å². The molecule has 0 aromatic rings. The summed E-state index contributed by atoms with van der Waals surface area (Å²) in [4.78, 5) is 24.6. The van der Waals surface area contributed by atoms with E-state index in [-0.39, 0.29) is 18.5 Å². The molecule has 0 saturated carbocycles. The summed E-state index contributed by atoms with van der Waals surface area (Å²) >= 11 is 0. The predicted octanol–water partition coefficient (Wildman–Crippen LogP) is 22.5. The number of esters is 1. The van der Waals surface area contributed by atoms with Crippen LogP contribution in [0.1, 0.15) is 393 Å². The Morgan fingerprint density at radius 3 is 1.03 bits per heavy atom. The average Bonchev–Trinajstić information content (AvgIpc) is 3.43. The zero-order valence-corrected chi connectivity index (χ0v) is 52.2. The highest BCUT2D eigenvalue weighted by Crippen LogP contribution is 2.19. The summed E-state index contributed by atoms with van der Waals surface area (Å²) in [6.45, 7) is 4.94. The number of aliphatic hydroxyl groups excluding tert-OH is 2. The monoisotopic (exact) mass is 1080 g/mol. The van der Waals surface area contributed by atoms with Gasteiger partial charge in [-0.2, -0.15) is 0 Å². The van der Waals surface area contributed by atoms with Crippen molar-refractivity contribution in [3.05, 3.63) is 24.3 Å². The van der Waals surface area contributed by atoms with Gasteiger partial charge in [0.25, 0.3) is 0 Å². The fourth-order valence-corrected chi connectivity index (χ4v) is 11.1. The van der Waals surface area contributed by atoms with Crippen LogP contribution < -0.4 is 5.32 Å². The van der Waals surface area contributed by atoms with Gasteiger partial charge in [-0.25, -0.2) is 0 Å². The number of ether oxygens (including phenoxy) is 1. The third-order valence-electron chi connectivity index (χ3n) is 16.5. The van der Waals surface area contributed by atoms with Crippen LogP contribution in [0.4, 0.5) is 0 Å². The molecule has 0 aliphatic rings. The van der Waals surface area contributed by atoms with Gasteiger partial charge in [0.05, 0.1) is 25.4 Å². The Morgan fingerprint density at radius 1 is 0.364 bits per heavy atom. The van der Waals surface area contributed by atoms with E-state index in [1.807, 2.05) is 0 Å². The van der Waals surface area contributed by atoms with Crippen molar-refractivity contribution in [2.24, 2.45) is 0 Å². The van der Waals surface area contributed by atoms with Crippen LogP contribution in [0.3, 0.4) is 0 Å². The first-order valence-electron chi connectivity index (χ1n) is 35.1. The smallest absolute Gasteiger partial charge is 0.305 e. The maximum atomic E-state index is 12.5. The van der Waals surface area contributed by atoms with Crippen molar-refractivity contribution in [1.82, 2.24) is 5.32 Å². The minimum Gasteiger partial charge on any atom is -0.466 e. The number of hydrogen-bond donors (Lipinski definition) is 3. The van der Waals surface area contributed by atoms with Gasteiger partial charge in [-0.15, -0.1) is 0 Å². The number of aliphatic hydroxyl groups is 2. The minimum absolute atomic E-state index is 0.00540. The summed E-state index contributed by atoms with van der Waals surface area (Å²) in [6.07, 6.45) is 83.7. The number of nitrogens with one attached hydrogen (secondary N) is 1. The molecule has 3 N–H and O–H groups in total. The average molecular weight is 1080 g/mol. The van der Waals surface area contributed by atoms with Gasteiger partial charge in [0.1, 0.15) is 0 Å². The molecule has 0 heterocycles. The second kappa shape index (κ2) is 66.8. The fraction of sp³-hybridized carbons (Fsp3) is 0.915. The minimum atomic E-state index is -0.662. The zero-order chi connectivity index (χ0) is 55.7. The van der Waals surface area contributed by atoms with Gasteiger partial charge in [-0.05, 0) is 51.4 Å². The Labute approximate surface area is 481 Å². The number of carbonyl (C=O) groups is 2. The van der Waals surface area contributed by atoms with E-state index in [0.29, 0.717) is 25.9 Å². The molecule has 2 atom stereocenters. The van der Waals surface area contributed by atoms with Crippen LogP contribution in [-0.4, -0.2) is 47.4 Å². The van der Waals surface area contributed by atoms with Crippen LogP contribution in [0.25, 0.3) is 0 Å². The van der Waals surface area contributed by atoms with Crippen molar-refractivity contribution in [3.8, 4) is 0 Å². The van der Waals surface area contributed by atoms with Crippen molar-refractivity contribution in [2.75, 3.05) is 13.2 Å². The zero-order valence-electron chi connectivity index (χ0n) is 52.2. The predicted molar refractivity (Wildman–Crippen MR) is 338 cm³/mol. The van der Waals surface area contributed by atoms with E-state index in [4.69, 9.17) is 4.74 Å². The van der Waals surface area contributed by atoms with Crippen molar-refractivity contribution < 1.29 is 24.5 Å².